The maximum Gasteiger partial charge on any atom is 0.347 e. The van der Waals surface area contributed by atoms with Crippen LogP contribution >= 0.6 is 0 Å². The third-order valence-corrected chi connectivity index (χ3v) is 1.93. The van der Waals surface area contributed by atoms with Crippen LogP contribution in [0.15, 0.2) is 4.52 Å². The fourth-order valence-corrected chi connectivity index (χ4v) is 1.11. The lowest BCUT2D eigenvalue weighted by molar-refractivity contribution is 0.0602. The van der Waals surface area contributed by atoms with Gasteiger partial charge < -0.3 is 20.3 Å². The molecular formula is C9H15N3O3. The molecule has 0 saturated heterocycles. The Bertz CT molecular complexity index is 335. The number of nitrogen functional groups attached to an aromatic ring is 1. The number of aromatic nitrogens is 1. The molecule has 84 valence electrons. The lowest BCUT2D eigenvalue weighted by atomic mass is 10.3. The Morgan fingerprint density at radius 1 is 1.67 bits per heavy atom. The molecule has 0 spiro atoms. The Hall–Kier alpha value is -1.72. The molecule has 0 fully saturated rings. The fraction of sp³-hybridized carbons (Fsp3) is 0.556. The third kappa shape index (κ3) is 2.61. The van der Waals surface area contributed by atoms with Crippen molar-refractivity contribution in [3.05, 3.63) is 5.56 Å². The Balaban J connectivity index is 2.75. The Morgan fingerprint density at radius 2 is 2.40 bits per heavy atom. The highest BCUT2D eigenvalue weighted by Crippen LogP contribution is 2.21. The number of hydrogen-bond donors (Lipinski definition) is 2. The van der Waals surface area contributed by atoms with Crippen molar-refractivity contribution in [3.8, 4) is 0 Å². The van der Waals surface area contributed by atoms with Crippen molar-refractivity contribution in [2.24, 2.45) is 0 Å². The van der Waals surface area contributed by atoms with E-state index in [4.69, 9.17) is 10.3 Å². The summed E-state index contributed by atoms with van der Waals surface area (Å²) in [6.45, 7) is 2.78. The predicted octanol–water partition coefficient (Wildman–Crippen LogP) is 1.26. The molecule has 6 heteroatoms. The summed E-state index contributed by atoms with van der Waals surface area (Å²) in [6.07, 6.45) is 2.03. The number of hydrogen-bond acceptors (Lipinski definition) is 6. The molecule has 0 radical (unpaired) electrons. The molecule has 0 bridgehead atoms. The van der Waals surface area contributed by atoms with Gasteiger partial charge in [0.1, 0.15) is 0 Å². The van der Waals surface area contributed by atoms with Crippen LogP contribution < -0.4 is 11.1 Å². The highest BCUT2D eigenvalue weighted by Gasteiger charge is 2.21. The minimum Gasteiger partial charge on any atom is -0.465 e. The largest absolute Gasteiger partial charge is 0.465 e. The molecule has 1 aromatic heterocycles. The van der Waals surface area contributed by atoms with Gasteiger partial charge in [0.15, 0.2) is 11.4 Å². The Kier molecular flexibility index (Phi) is 3.96. The first-order valence-electron chi connectivity index (χ1n) is 4.78. The minimum atomic E-state index is -0.548. The average molecular weight is 213 g/mol. The van der Waals surface area contributed by atoms with Crippen LogP contribution in [-0.2, 0) is 4.74 Å². The van der Waals surface area contributed by atoms with E-state index in [0.717, 1.165) is 12.8 Å². The minimum absolute atomic E-state index is 0.0270. The second kappa shape index (κ2) is 5.23. The van der Waals surface area contributed by atoms with Gasteiger partial charge in [-0.25, -0.2) is 4.79 Å². The summed E-state index contributed by atoms with van der Waals surface area (Å²) in [5, 5.41) is 6.61. The average Bonchev–Trinajstić information content (AvgIpc) is 2.59. The van der Waals surface area contributed by atoms with Crippen molar-refractivity contribution in [1.29, 1.82) is 0 Å². The normalized spacial score (nSPS) is 10.0. The van der Waals surface area contributed by atoms with Gasteiger partial charge >= 0.3 is 5.97 Å². The van der Waals surface area contributed by atoms with E-state index in [1.54, 1.807) is 0 Å². The molecule has 0 aliphatic rings. The first-order chi connectivity index (χ1) is 7.20. The number of nitrogens with zero attached hydrogens (tertiary/aromatic N) is 1. The molecule has 0 aromatic carbocycles. The van der Waals surface area contributed by atoms with Gasteiger partial charge in [-0.2, -0.15) is 0 Å². The van der Waals surface area contributed by atoms with Crippen molar-refractivity contribution in [3.63, 3.8) is 0 Å². The number of nitrogens with two attached hydrogens (primary N) is 1. The van der Waals surface area contributed by atoms with Crippen LogP contribution in [0.4, 0.5) is 11.7 Å². The van der Waals surface area contributed by atoms with Crippen molar-refractivity contribution < 1.29 is 14.1 Å². The van der Waals surface area contributed by atoms with Crippen LogP contribution in [0.1, 0.15) is 30.1 Å². The number of carbonyl (C=O) groups is 1. The van der Waals surface area contributed by atoms with Crippen molar-refractivity contribution >= 4 is 17.7 Å². The SMILES string of the molecule is CCCCNc1noc(N)c1C(=O)OC. The summed E-state index contributed by atoms with van der Waals surface area (Å²) in [5.41, 5.74) is 5.61. The quantitative estimate of drug-likeness (QED) is 0.565. The highest BCUT2D eigenvalue weighted by molar-refractivity contribution is 5.98. The Labute approximate surface area is 87.8 Å². The van der Waals surface area contributed by atoms with E-state index in [-0.39, 0.29) is 11.4 Å². The molecular weight excluding hydrogens is 198 g/mol. The van der Waals surface area contributed by atoms with Crippen LogP contribution in [0.25, 0.3) is 0 Å². The third-order valence-electron chi connectivity index (χ3n) is 1.93. The number of anilines is 2. The van der Waals surface area contributed by atoms with Gasteiger partial charge in [0.05, 0.1) is 7.11 Å². The van der Waals surface area contributed by atoms with Gasteiger partial charge in [0.25, 0.3) is 0 Å². The van der Waals surface area contributed by atoms with Crippen LogP contribution in [0.3, 0.4) is 0 Å². The van der Waals surface area contributed by atoms with E-state index < -0.39 is 5.97 Å². The topological polar surface area (TPSA) is 90.4 Å². The fourth-order valence-electron chi connectivity index (χ4n) is 1.11. The summed E-state index contributed by atoms with van der Waals surface area (Å²) in [5.74, 6) is -0.235. The van der Waals surface area contributed by atoms with E-state index in [2.05, 4.69) is 22.1 Å². The monoisotopic (exact) mass is 213 g/mol. The van der Waals surface area contributed by atoms with E-state index in [1.807, 2.05) is 0 Å². The van der Waals surface area contributed by atoms with Gasteiger partial charge in [0.2, 0.25) is 5.88 Å². The number of rotatable bonds is 5. The molecule has 0 aliphatic carbocycles. The van der Waals surface area contributed by atoms with E-state index in [9.17, 15) is 4.79 Å². The summed E-state index contributed by atoms with van der Waals surface area (Å²) in [4.78, 5) is 11.3. The summed E-state index contributed by atoms with van der Waals surface area (Å²) in [6, 6.07) is 0. The van der Waals surface area contributed by atoms with Gasteiger partial charge in [0, 0.05) is 6.54 Å². The number of esters is 1. The van der Waals surface area contributed by atoms with Crippen LogP contribution in [-0.4, -0.2) is 24.8 Å². The van der Waals surface area contributed by atoms with Gasteiger partial charge in [-0.1, -0.05) is 18.5 Å². The second-order valence-corrected chi connectivity index (χ2v) is 3.04. The molecule has 0 atom stereocenters. The predicted molar refractivity (Wildman–Crippen MR) is 55.7 cm³/mol. The zero-order chi connectivity index (χ0) is 11.3. The first-order valence-corrected chi connectivity index (χ1v) is 4.78. The maximum atomic E-state index is 11.3. The van der Waals surface area contributed by atoms with E-state index >= 15 is 0 Å². The maximum absolute atomic E-state index is 11.3. The standard InChI is InChI=1S/C9H15N3O3/c1-3-4-5-11-8-6(9(13)14-2)7(10)15-12-8/h3-5,10H2,1-2H3,(H,11,12). The molecule has 0 aliphatic heterocycles. The molecule has 3 N–H and O–H groups in total. The van der Waals surface area contributed by atoms with Crippen molar-refractivity contribution in [2.45, 2.75) is 19.8 Å². The number of ether oxygens (including phenoxy) is 1. The number of carbonyl (C=O) groups excluding carboxylic acids is 1. The van der Waals surface area contributed by atoms with Crippen molar-refractivity contribution in [2.75, 3.05) is 24.7 Å². The summed E-state index contributed by atoms with van der Waals surface area (Å²) in [7, 11) is 1.28. The van der Waals surface area contributed by atoms with Gasteiger partial charge in [-0.3, -0.25) is 0 Å². The highest BCUT2D eigenvalue weighted by atomic mass is 16.5. The molecule has 0 unspecified atom stereocenters. The number of nitrogens with one attached hydrogen (secondary N) is 1. The van der Waals surface area contributed by atoms with Crippen LogP contribution in [0.5, 0.6) is 0 Å². The lowest BCUT2D eigenvalue weighted by Crippen LogP contribution is -2.09. The summed E-state index contributed by atoms with van der Waals surface area (Å²) >= 11 is 0. The molecule has 1 aromatic rings. The smallest absolute Gasteiger partial charge is 0.347 e. The van der Waals surface area contributed by atoms with E-state index in [1.165, 1.54) is 7.11 Å². The van der Waals surface area contributed by atoms with Crippen LogP contribution in [0, 0.1) is 0 Å². The molecule has 1 rings (SSSR count). The molecule has 0 saturated carbocycles. The first kappa shape index (κ1) is 11.4. The van der Waals surface area contributed by atoms with Crippen molar-refractivity contribution in [1.82, 2.24) is 5.16 Å². The van der Waals surface area contributed by atoms with Gasteiger partial charge in [-0.15, -0.1) is 0 Å². The second-order valence-electron chi connectivity index (χ2n) is 3.04. The molecule has 1 heterocycles. The molecule has 6 nitrogen and oxygen atoms in total. The zero-order valence-corrected chi connectivity index (χ0v) is 8.87. The molecule has 0 amide bonds. The van der Waals surface area contributed by atoms with Crippen LogP contribution in [0.2, 0.25) is 0 Å². The lowest BCUT2D eigenvalue weighted by Gasteiger charge is -2.02. The Morgan fingerprint density at radius 3 is 3.00 bits per heavy atom. The van der Waals surface area contributed by atoms with Gasteiger partial charge in [-0.05, 0) is 6.42 Å². The number of unbranched alkanes of at least 4 members (excludes halogenated alkanes) is 1. The summed E-state index contributed by atoms with van der Waals surface area (Å²) < 4.78 is 9.28. The molecule has 15 heavy (non-hydrogen) atoms. The zero-order valence-electron chi connectivity index (χ0n) is 8.87. The van der Waals surface area contributed by atoms with E-state index in [0.29, 0.717) is 12.4 Å². The number of methoxy groups -OCH3 is 1.